The molecule has 0 spiro atoms. The van der Waals surface area contributed by atoms with Gasteiger partial charge in [-0.05, 0) is 30.8 Å². The fraction of sp³-hybridized carbons (Fsp3) is 0.192. The van der Waals surface area contributed by atoms with Crippen molar-refractivity contribution >= 4 is 29.0 Å². The summed E-state index contributed by atoms with van der Waals surface area (Å²) in [6.07, 6.45) is -4.61. The summed E-state index contributed by atoms with van der Waals surface area (Å²) in [6.45, 7) is 1.53. The monoisotopic (exact) mass is 483 g/mol. The van der Waals surface area contributed by atoms with Crippen LogP contribution in [0.5, 0.6) is 0 Å². The van der Waals surface area contributed by atoms with Gasteiger partial charge in [0.05, 0.1) is 30.0 Å². The topological polar surface area (TPSA) is 78.5 Å². The number of anilines is 2. The molecule has 0 radical (unpaired) electrons. The highest BCUT2D eigenvalue weighted by atomic mass is 19.4. The van der Waals surface area contributed by atoms with Gasteiger partial charge in [-0.3, -0.25) is 19.3 Å². The molecule has 0 fully saturated rings. The molecular formula is C26H24F3N3O3. The highest BCUT2D eigenvalue weighted by molar-refractivity contribution is 6.13. The Morgan fingerprint density at radius 2 is 1.26 bits per heavy atom. The van der Waals surface area contributed by atoms with Crippen molar-refractivity contribution in [3.8, 4) is 0 Å². The third-order valence-electron chi connectivity index (χ3n) is 5.17. The van der Waals surface area contributed by atoms with Crippen LogP contribution in [0.4, 0.5) is 24.5 Å². The second kappa shape index (κ2) is 11.4. The second-order valence-corrected chi connectivity index (χ2v) is 7.68. The number of halogens is 3. The van der Waals surface area contributed by atoms with Gasteiger partial charge in [-0.25, -0.2) is 0 Å². The minimum Gasteiger partial charge on any atom is -0.324 e. The maximum absolute atomic E-state index is 13.2. The fourth-order valence-corrected chi connectivity index (χ4v) is 3.44. The van der Waals surface area contributed by atoms with Gasteiger partial charge in [0.15, 0.2) is 5.78 Å². The molecule has 3 aromatic rings. The molecule has 0 aromatic heterocycles. The van der Waals surface area contributed by atoms with E-state index in [2.05, 4.69) is 10.6 Å². The molecule has 0 aliphatic heterocycles. The summed E-state index contributed by atoms with van der Waals surface area (Å²) in [5.41, 5.74) is -0.185. The zero-order valence-corrected chi connectivity index (χ0v) is 18.9. The number of hydrogen-bond donors (Lipinski definition) is 2. The number of ketones is 1. The molecular weight excluding hydrogens is 459 g/mol. The van der Waals surface area contributed by atoms with Crippen molar-refractivity contribution in [1.29, 1.82) is 0 Å². The Morgan fingerprint density at radius 3 is 1.86 bits per heavy atom. The van der Waals surface area contributed by atoms with Crippen molar-refractivity contribution < 1.29 is 27.6 Å². The number of rotatable bonds is 9. The first-order valence-corrected chi connectivity index (χ1v) is 10.9. The summed E-state index contributed by atoms with van der Waals surface area (Å²) < 4.78 is 39.5. The molecule has 0 aliphatic carbocycles. The number of hydrogen-bond acceptors (Lipinski definition) is 4. The molecule has 9 heteroatoms. The third kappa shape index (κ3) is 7.00. The summed E-state index contributed by atoms with van der Waals surface area (Å²) in [7, 11) is 0. The zero-order chi connectivity index (χ0) is 25.4. The van der Waals surface area contributed by atoms with Crippen LogP contribution in [0.15, 0.2) is 78.9 Å². The van der Waals surface area contributed by atoms with Crippen LogP contribution in [0.25, 0.3) is 0 Å². The lowest BCUT2D eigenvalue weighted by molar-refractivity contribution is -0.137. The lowest BCUT2D eigenvalue weighted by Gasteiger charge is -2.20. The Balaban J connectivity index is 1.64. The molecule has 0 unspecified atom stereocenters. The fourth-order valence-electron chi connectivity index (χ4n) is 3.44. The normalized spacial score (nSPS) is 11.2. The van der Waals surface area contributed by atoms with Gasteiger partial charge in [-0.2, -0.15) is 13.2 Å². The average Bonchev–Trinajstić information content (AvgIpc) is 2.83. The van der Waals surface area contributed by atoms with Crippen LogP contribution in [0, 0.1) is 0 Å². The van der Waals surface area contributed by atoms with Crippen molar-refractivity contribution in [3.63, 3.8) is 0 Å². The van der Waals surface area contributed by atoms with Crippen molar-refractivity contribution in [2.45, 2.75) is 13.1 Å². The Kier molecular flexibility index (Phi) is 8.38. The van der Waals surface area contributed by atoms with Crippen LogP contribution < -0.4 is 10.6 Å². The Bertz CT molecular complexity index is 1200. The first-order valence-electron chi connectivity index (χ1n) is 10.9. The third-order valence-corrected chi connectivity index (χ3v) is 5.17. The maximum atomic E-state index is 13.2. The van der Waals surface area contributed by atoms with E-state index in [1.165, 1.54) is 23.1 Å². The van der Waals surface area contributed by atoms with E-state index in [1.54, 1.807) is 61.5 Å². The summed E-state index contributed by atoms with van der Waals surface area (Å²) in [5, 5.41) is 4.97. The highest BCUT2D eigenvalue weighted by Crippen LogP contribution is 2.34. The summed E-state index contributed by atoms with van der Waals surface area (Å²) in [6, 6.07) is 19.9. The minimum absolute atomic E-state index is 0.196. The average molecular weight is 483 g/mol. The smallest absolute Gasteiger partial charge is 0.324 e. The molecule has 182 valence electrons. The van der Waals surface area contributed by atoms with Gasteiger partial charge in [-0.1, -0.05) is 61.5 Å². The van der Waals surface area contributed by atoms with Crippen LogP contribution in [0.1, 0.15) is 28.4 Å². The van der Waals surface area contributed by atoms with Crippen LogP contribution in [0.3, 0.4) is 0 Å². The second-order valence-electron chi connectivity index (χ2n) is 7.68. The summed E-state index contributed by atoms with van der Waals surface area (Å²) in [4.78, 5) is 39.4. The molecule has 0 saturated heterocycles. The molecule has 0 atom stereocenters. The number of amides is 2. The van der Waals surface area contributed by atoms with E-state index >= 15 is 0 Å². The van der Waals surface area contributed by atoms with Gasteiger partial charge in [0.1, 0.15) is 0 Å². The van der Waals surface area contributed by atoms with Crippen LogP contribution >= 0.6 is 0 Å². The Hall–Kier alpha value is -3.98. The number of benzene rings is 3. The highest BCUT2D eigenvalue weighted by Gasteiger charge is 2.33. The van der Waals surface area contributed by atoms with E-state index in [4.69, 9.17) is 0 Å². The Morgan fingerprint density at radius 1 is 0.743 bits per heavy atom. The molecule has 3 aromatic carbocycles. The molecule has 2 N–H and O–H groups in total. The molecule has 6 nitrogen and oxygen atoms in total. The number of nitrogens with one attached hydrogen (secondary N) is 2. The first kappa shape index (κ1) is 25.6. The number of para-hydroxylation sites is 2. The SMILES string of the molecule is CCN(CC(=O)Nc1ccccc1C(=O)c1ccccc1)CC(=O)Nc1ccccc1C(F)(F)F. The lowest BCUT2D eigenvalue weighted by atomic mass is 10.0. The van der Waals surface area contributed by atoms with Crippen molar-refractivity contribution in [2.24, 2.45) is 0 Å². The molecule has 3 rings (SSSR count). The largest absolute Gasteiger partial charge is 0.418 e. The summed E-state index contributed by atoms with van der Waals surface area (Å²) >= 11 is 0. The first-order chi connectivity index (χ1) is 16.7. The minimum atomic E-state index is -4.61. The quantitative estimate of drug-likeness (QED) is 0.427. The van der Waals surface area contributed by atoms with Gasteiger partial charge in [0.25, 0.3) is 0 Å². The van der Waals surface area contributed by atoms with E-state index in [0.29, 0.717) is 23.4 Å². The van der Waals surface area contributed by atoms with Crippen LogP contribution in [-0.2, 0) is 15.8 Å². The zero-order valence-electron chi connectivity index (χ0n) is 18.9. The van der Waals surface area contributed by atoms with Gasteiger partial charge in [0, 0.05) is 11.1 Å². The molecule has 0 aliphatic rings. The van der Waals surface area contributed by atoms with Gasteiger partial charge in [-0.15, -0.1) is 0 Å². The number of alkyl halides is 3. The van der Waals surface area contributed by atoms with Gasteiger partial charge >= 0.3 is 6.18 Å². The maximum Gasteiger partial charge on any atom is 0.418 e. The summed E-state index contributed by atoms with van der Waals surface area (Å²) in [5.74, 6) is -1.41. The predicted octanol–water partition coefficient (Wildman–Crippen LogP) is 4.84. The lowest BCUT2D eigenvalue weighted by Crippen LogP contribution is -2.39. The number of carbonyl (C=O) groups excluding carboxylic acids is 3. The predicted molar refractivity (Wildman–Crippen MR) is 127 cm³/mol. The Labute approximate surface area is 200 Å². The van der Waals surface area contributed by atoms with Crippen molar-refractivity contribution in [1.82, 2.24) is 4.90 Å². The van der Waals surface area contributed by atoms with E-state index in [-0.39, 0.29) is 24.6 Å². The van der Waals surface area contributed by atoms with E-state index in [0.717, 1.165) is 6.07 Å². The molecule has 0 heterocycles. The van der Waals surface area contributed by atoms with Gasteiger partial charge < -0.3 is 10.6 Å². The van der Waals surface area contributed by atoms with E-state index < -0.39 is 23.6 Å². The molecule has 35 heavy (non-hydrogen) atoms. The standard InChI is InChI=1S/C26H24F3N3O3/c1-2-32(17-24(34)31-22-15-9-7-13-20(22)26(27,28)29)16-23(33)30-21-14-8-6-12-19(21)25(35)18-10-4-3-5-11-18/h3-15H,2,16-17H2,1H3,(H,30,33)(H,31,34). The van der Waals surface area contributed by atoms with Crippen LogP contribution in [0.2, 0.25) is 0 Å². The molecule has 0 saturated carbocycles. The number of nitrogens with zero attached hydrogens (tertiary/aromatic N) is 1. The van der Waals surface area contributed by atoms with E-state index in [9.17, 15) is 27.6 Å². The van der Waals surface area contributed by atoms with Crippen molar-refractivity contribution in [2.75, 3.05) is 30.3 Å². The number of likely N-dealkylation sites (N-methyl/N-ethyl adjacent to an activating group) is 1. The van der Waals surface area contributed by atoms with Gasteiger partial charge in [0.2, 0.25) is 11.8 Å². The molecule has 2 amide bonds. The number of carbonyl (C=O) groups is 3. The van der Waals surface area contributed by atoms with Crippen molar-refractivity contribution in [3.05, 3.63) is 95.6 Å². The van der Waals surface area contributed by atoms with Crippen LogP contribution in [-0.4, -0.2) is 42.1 Å². The van der Waals surface area contributed by atoms with E-state index in [1.807, 2.05) is 0 Å². The molecule has 0 bridgehead atoms.